The van der Waals surface area contributed by atoms with E-state index < -0.39 is 83.2 Å². The zero-order chi connectivity index (χ0) is 39.7. The third-order valence-electron chi connectivity index (χ3n) is 13.5. The molecule has 3 heterocycles. The van der Waals surface area contributed by atoms with Crippen LogP contribution in [0.4, 0.5) is 0 Å². The van der Waals surface area contributed by atoms with Crippen LogP contribution in [0.1, 0.15) is 108 Å². The highest BCUT2D eigenvalue weighted by atomic mass is 16.6. The predicted molar refractivity (Wildman–Crippen MR) is 201 cm³/mol. The first-order valence-corrected chi connectivity index (χ1v) is 19.8. The summed E-state index contributed by atoms with van der Waals surface area (Å²) < 4.78 is 24.8. The second-order valence-electron chi connectivity index (χ2n) is 18.1. The molecule has 52 heavy (non-hydrogen) atoms. The molecule has 0 aromatic heterocycles. The summed E-state index contributed by atoms with van der Waals surface area (Å²) >= 11 is 0. The maximum absolute atomic E-state index is 14.3. The number of aliphatic hydroxyl groups excluding tert-OH is 3. The molecule has 12 nitrogen and oxygen atoms in total. The minimum atomic E-state index is -1.73. The van der Waals surface area contributed by atoms with Gasteiger partial charge in [0.1, 0.15) is 23.9 Å². The van der Waals surface area contributed by atoms with Crippen molar-refractivity contribution in [2.24, 2.45) is 29.6 Å². The highest BCUT2D eigenvalue weighted by molar-refractivity contribution is 5.72. The van der Waals surface area contributed by atoms with Gasteiger partial charge in [-0.3, -0.25) is 4.79 Å². The van der Waals surface area contributed by atoms with Gasteiger partial charge in [-0.25, -0.2) is 0 Å². The quantitative estimate of drug-likeness (QED) is 0.243. The fraction of sp³-hybridized carbons (Fsp3) is 0.975. The second-order valence-corrected chi connectivity index (χ2v) is 18.1. The lowest BCUT2D eigenvalue weighted by Gasteiger charge is -2.49. The molecule has 18 atom stereocenters. The molecule has 0 radical (unpaired) electrons. The maximum atomic E-state index is 14.3. The molecule has 0 unspecified atom stereocenters. The van der Waals surface area contributed by atoms with Crippen molar-refractivity contribution in [3.05, 3.63) is 0 Å². The van der Waals surface area contributed by atoms with Crippen LogP contribution in [0.15, 0.2) is 0 Å². The van der Waals surface area contributed by atoms with Gasteiger partial charge in [0.2, 0.25) is 0 Å². The lowest BCUT2D eigenvalue weighted by atomic mass is 9.64. The van der Waals surface area contributed by atoms with Crippen LogP contribution >= 0.6 is 0 Å². The average molecular weight is 745 g/mol. The molecule has 0 aromatic rings. The largest absolute Gasteiger partial charge is 0.459 e. The monoisotopic (exact) mass is 745 g/mol. The van der Waals surface area contributed by atoms with Crippen molar-refractivity contribution in [1.29, 1.82) is 0 Å². The van der Waals surface area contributed by atoms with Crippen LogP contribution in [0.25, 0.3) is 0 Å². The Balaban J connectivity index is 2.17. The molecule has 0 amide bonds. The standard InChI is InChI=1S/C40H76N2O10/c1-15-33-40(10,48)35(44)26(6)42(13)21-22(2)19-38(8,47)30(18-32-34(43)31(41(11)12)16-23(3)50-32)24(4)29(25(5)37(46)52-33)17-28-20-39(9,49-14)36(45)27(7)51-28/h22-36,43-45,47-48H,15-21H2,1-14H3/t22-,23+,24-,25+,26+,27-,28+,29+,30-,31-,32-,33-,34-,35+,36+,38+,39-,40-/m0/s1. The van der Waals surface area contributed by atoms with Crippen molar-refractivity contribution in [3.63, 3.8) is 0 Å². The van der Waals surface area contributed by atoms with E-state index in [9.17, 15) is 30.3 Å². The number of esters is 1. The van der Waals surface area contributed by atoms with Gasteiger partial charge in [-0.15, -0.1) is 0 Å². The molecular weight excluding hydrogens is 668 g/mol. The smallest absolute Gasteiger partial charge is 0.309 e. The van der Waals surface area contributed by atoms with Crippen LogP contribution in [0.5, 0.6) is 0 Å². The van der Waals surface area contributed by atoms with Gasteiger partial charge >= 0.3 is 5.97 Å². The van der Waals surface area contributed by atoms with E-state index in [-0.39, 0.29) is 30.1 Å². The fourth-order valence-electron chi connectivity index (χ4n) is 10.0. The van der Waals surface area contributed by atoms with E-state index in [4.69, 9.17) is 18.9 Å². The van der Waals surface area contributed by atoms with Gasteiger partial charge in [-0.05, 0) is 118 Å². The summed E-state index contributed by atoms with van der Waals surface area (Å²) in [6.07, 6.45) is -2.80. The first-order chi connectivity index (χ1) is 23.9. The first kappa shape index (κ1) is 45.5. The highest BCUT2D eigenvalue weighted by Gasteiger charge is 2.51. The topological polar surface area (TPSA) is 162 Å². The van der Waals surface area contributed by atoms with Crippen LogP contribution in [-0.2, 0) is 23.7 Å². The summed E-state index contributed by atoms with van der Waals surface area (Å²) in [6, 6.07) is -0.596. The number of cyclic esters (lactones) is 1. The van der Waals surface area contributed by atoms with Crippen molar-refractivity contribution in [2.45, 2.75) is 185 Å². The Labute approximate surface area is 314 Å². The zero-order valence-electron chi connectivity index (χ0n) is 34.8. The van der Waals surface area contributed by atoms with E-state index in [2.05, 4.69) is 13.8 Å². The Morgan fingerprint density at radius 1 is 0.942 bits per heavy atom. The molecule has 3 aliphatic rings. The van der Waals surface area contributed by atoms with E-state index >= 15 is 0 Å². The van der Waals surface area contributed by atoms with Gasteiger partial charge < -0.3 is 54.3 Å². The van der Waals surface area contributed by atoms with Crippen LogP contribution in [0.2, 0.25) is 0 Å². The fourth-order valence-corrected chi connectivity index (χ4v) is 10.0. The predicted octanol–water partition coefficient (Wildman–Crippen LogP) is 3.23. The first-order valence-electron chi connectivity index (χ1n) is 19.8. The number of hydrogen-bond donors (Lipinski definition) is 5. The molecule has 0 saturated carbocycles. The highest BCUT2D eigenvalue weighted by Crippen LogP contribution is 2.46. The Hall–Kier alpha value is -0.930. The summed E-state index contributed by atoms with van der Waals surface area (Å²) in [7, 11) is 7.40. The molecule has 3 aliphatic heterocycles. The Kier molecular flexibility index (Phi) is 15.6. The maximum Gasteiger partial charge on any atom is 0.309 e. The van der Waals surface area contributed by atoms with Crippen LogP contribution in [-0.4, -0.2) is 154 Å². The molecule has 0 aliphatic carbocycles. The van der Waals surface area contributed by atoms with Crippen LogP contribution in [0, 0.1) is 29.6 Å². The van der Waals surface area contributed by atoms with Crippen molar-refractivity contribution < 1.29 is 49.3 Å². The average Bonchev–Trinajstić information content (AvgIpc) is 3.05. The minimum Gasteiger partial charge on any atom is -0.459 e. The molecule has 306 valence electrons. The molecule has 3 rings (SSSR count). The number of methoxy groups -OCH3 is 1. The van der Waals surface area contributed by atoms with Crippen molar-refractivity contribution in [2.75, 3.05) is 34.8 Å². The number of rotatable bonds is 7. The van der Waals surface area contributed by atoms with Gasteiger partial charge in [-0.1, -0.05) is 27.7 Å². The molecule has 0 spiro atoms. The molecular formula is C40H76N2O10. The van der Waals surface area contributed by atoms with E-state index in [0.29, 0.717) is 45.1 Å². The molecule has 0 aromatic carbocycles. The van der Waals surface area contributed by atoms with Gasteiger partial charge in [0, 0.05) is 32.2 Å². The second kappa shape index (κ2) is 17.9. The lowest BCUT2D eigenvalue weighted by molar-refractivity contribution is -0.220. The molecule has 12 heteroatoms. The number of carbonyl (C=O) groups excluding carboxylic acids is 1. The lowest BCUT2D eigenvalue weighted by Crippen LogP contribution is -2.59. The van der Waals surface area contributed by atoms with E-state index in [1.54, 1.807) is 7.11 Å². The third kappa shape index (κ3) is 10.1. The SMILES string of the molecule is CC[C@@H]1OC(=O)[C@H](C)[C@H](C[C@@H]2C[C@](C)(OC)[C@H](O)[C@H](C)O2)[C@H](C)[C@H](C[C@@H]2O[C@H](C)C[C@H](N(C)C)[C@@H]2O)[C@](C)(O)C[C@H](C)CN(C)[C@H](C)[C@@H](O)[C@@]1(C)O. The Morgan fingerprint density at radius 2 is 1.56 bits per heavy atom. The number of carbonyl (C=O) groups is 1. The number of aliphatic hydroxyl groups is 5. The van der Waals surface area contributed by atoms with Crippen LogP contribution < -0.4 is 0 Å². The Bertz CT molecular complexity index is 1140. The molecule has 0 bridgehead atoms. The number of nitrogens with zero attached hydrogens (tertiary/aromatic N) is 2. The van der Waals surface area contributed by atoms with Crippen molar-refractivity contribution in [3.8, 4) is 0 Å². The van der Waals surface area contributed by atoms with Gasteiger partial charge in [-0.2, -0.15) is 0 Å². The Morgan fingerprint density at radius 3 is 2.12 bits per heavy atom. The molecule has 5 N–H and O–H groups in total. The number of hydrogen-bond acceptors (Lipinski definition) is 12. The molecule has 3 fully saturated rings. The van der Waals surface area contributed by atoms with E-state index in [0.717, 1.165) is 0 Å². The zero-order valence-corrected chi connectivity index (χ0v) is 34.8. The molecule has 3 saturated heterocycles. The van der Waals surface area contributed by atoms with Crippen molar-refractivity contribution >= 4 is 5.97 Å². The minimum absolute atomic E-state index is 0.0211. The number of likely N-dealkylation sites (N-methyl/N-ethyl adjacent to an activating group) is 2. The number of ether oxygens (including phenoxy) is 4. The normalized spacial score (nSPS) is 49.6. The summed E-state index contributed by atoms with van der Waals surface area (Å²) in [5.74, 6) is -2.35. The summed E-state index contributed by atoms with van der Waals surface area (Å²) in [5.41, 5.74) is -3.85. The third-order valence-corrected chi connectivity index (χ3v) is 13.5. The van der Waals surface area contributed by atoms with Gasteiger partial charge in [0.15, 0.2) is 0 Å². The van der Waals surface area contributed by atoms with Crippen molar-refractivity contribution in [1.82, 2.24) is 9.80 Å². The summed E-state index contributed by atoms with van der Waals surface area (Å²) in [4.78, 5) is 18.3. The van der Waals surface area contributed by atoms with Crippen LogP contribution in [0.3, 0.4) is 0 Å². The summed E-state index contributed by atoms with van der Waals surface area (Å²) in [5, 5.41) is 58.6. The van der Waals surface area contributed by atoms with E-state index in [1.165, 1.54) is 6.92 Å². The van der Waals surface area contributed by atoms with E-state index in [1.807, 2.05) is 79.4 Å². The van der Waals surface area contributed by atoms with Gasteiger partial charge in [0.25, 0.3) is 0 Å². The summed E-state index contributed by atoms with van der Waals surface area (Å²) in [6.45, 7) is 19.3. The van der Waals surface area contributed by atoms with Gasteiger partial charge in [0.05, 0.1) is 47.6 Å².